The first-order valence-corrected chi connectivity index (χ1v) is 14.8. The fourth-order valence-electron chi connectivity index (χ4n) is 6.63. The molecule has 0 atom stereocenters. The summed E-state index contributed by atoms with van der Waals surface area (Å²) >= 11 is 0. The lowest BCUT2D eigenvalue weighted by Gasteiger charge is -2.57. The molecule has 228 valence electrons. The number of hydrogen-bond donors (Lipinski definition) is 0. The second kappa shape index (κ2) is 11.5. The smallest absolute Gasteiger partial charge is 0.314 e. The summed E-state index contributed by atoms with van der Waals surface area (Å²) < 4.78 is 36.0. The molecule has 9 nitrogen and oxygen atoms in total. The Balaban J connectivity index is 1.12. The van der Waals surface area contributed by atoms with E-state index >= 15 is 0 Å². The van der Waals surface area contributed by atoms with Crippen molar-refractivity contribution in [2.45, 2.75) is 69.9 Å². The molecule has 43 heavy (non-hydrogen) atoms. The number of aldehydes is 1. The van der Waals surface area contributed by atoms with Crippen LogP contribution in [0.3, 0.4) is 0 Å². The molecule has 0 bridgehead atoms. The van der Waals surface area contributed by atoms with Gasteiger partial charge in [0.05, 0.1) is 31.0 Å². The van der Waals surface area contributed by atoms with Gasteiger partial charge >= 0.3 is 6.43 Å². The lowest BCUT2D eigenvalue weighted by atomic mass is 9.63. The number of halogens is 2. The number of carbonyl (C=O) groups excluding carboxylic acids is 2. The number of pyridine rings is 1. The Labute approximate surface area is 249 Å². The van der Waals surface area contributed by atoms with Crippen molar-refractivity contribution in [3.8, 4) is 11.5 Å². The van der Waals surface area contributed by atoms with Gasteiger partial charge in [-0.1, -0.05) is 12.1 Å². The van der Waals surface area contributed by atoms with Gasteiger partial charge in [0.1, 0.15) is 6.29 Å². The second-order valence-electron chi connectivity index (χ2n) is 13.0. The summed E-state index contributed by atoms with van der Waals surface area (Å²) in [5, 5.41) is 6.98. The van der Waals surface area contributed by atoms with E-state index in [1.807, 2.05) is 26.0 Å². The van der Waals surface area contributed by atoms with E-state index in [-0.39, 0.29) is 18.3 Å². The molecule has 2 saturated heterocycles. The van der Waals surface area contributed by atoms with Crippen LogP contribution in [0.2, 0.25) is 0 Å². The number of aromatic nitrogens is 3. The third-order valence-electron chi connectivity index (χ3n) is 9.38. The normalized spacial score (nSPS) is 19.3. The highest BCUT2D eigenvalue weighted by Crippen LogP contribution is 2.49. The molecule has 1 amide bonds. The summed E-state index contributed by atoms with van der Waals surface area (Å²) in [5.41, 5.74) is 3.01. The Morgan fingerprint density at radius 2 is 1.91 bits per heavy atom. The van der Waals surface area contributed by atoms with Gasteiger partial charge in [-0.05, 0) is 87.9 Å². The number of piperidine rings is 1. The standard InChI is InChI=1S/C32H37F2N5O4/c1-31(2,17-40)26-12-21(20-8-10-39(11-9-20)24-13-32(14-24)18-42-19-32)5-7-25(26)30(41)38(3)16-23-6-4-22(15-35-23)28-36-37-29(43-28)27(33)34/h4-7,12,15,17,20,24,27H,8-11,13-14,16,18-19H2,1-3H3. The number of amides is 1. The van der Waals surface area contributed by atoms with Crippen LogP contribution in [0.4, 0.5) is 8.78 Å². The number of ether oxygens (including phenoxy) is 1. The van der Waals surface area contributed by atoms with E-state index in [2.05, 4.69) is 26.1 Å². The van der Waals surface area contributed by atoms with Gasteiger partial charge in [0.15, 0.2) is 0 Å². The first-order chi connectivity index (χ1) is 20.6. The molecule has 11 heteroatoms. The number of nitrogens with zero attached hydrogens (tertiary/aromatic N) is 5. The topological polar surface area (TPSA) is 102 Å². The van der Waals surface area contributed by atoms with Crippen molar-refractivity contribution in [3.05, 3.63) is 64.8 Å². The van der Waals surface area contributed by atoms with Crippen molar-refractivity contribution in [1.82, 2.24) is 25.0 Å². The maximum Gasteiger partial charge on any atom is 0.314 e. The lowest BCUT2D eigenvalue weighted by molar-refractivity contribution is -0.185. The number of benzene rings is 1. The molecule has 0 unspecified atom stereocenters. The maximum atomic E-state index is 13.7. The van der Waals surface area contributed by atoms with Crippen LogP contribution in [0.1, 0.15) is 84.9 Å². The van der Waals surface area contributed by atoms with Gasteiger partial charge < -0.3 is 23.7 Å². The van der Waals surface area contributed by atoms with Crippen LogP contribution in [-0.4, -0.2) is 76.6 Å². The molecule has 1 spiro atoms. The van der Waals surface area contributed by atoms with Gasteiger partial charge in [0.2, 0.25) is 5.89 Å². The van der Waals surface area contributed by atoms with Gasteiger partial charge in [-0.2, -0.15) is 8.78 Å². The second-order valence-corrected chi connectivity index (χ2v) is 13.0. The number of hydrogen-bond acceptors (Lipinski definition) is 8. The monoisotopic (exact) mass is 593 g/mol. The van der Waals surface area contributed by atoms with Crippen LogP contribution >= 0.6 is 0 Å². The van der Waals surface area contributed by atoms with Crippen molar-refractivity contribution in [2.75, 3.05) is 33.4 Å². The van der Waals surface area contributed by atoms with E-state index in [9.17, 15) is 18.4 Å². The Morgan fingerprint density at radius 3 is 2.49 bits per heavy atom. The number of likely N-dealkylation sites (tertiary alicyclic amines) is 1. The van der Waals surface area contributed by atoms with Gasteiger partial charge in [-0.3, -0.25) is 9.78 Å². The van der Waals surface area contributed by atoms with E-state index in [1.54, 1.807) is 24.1 Å². The van der Waals surface area contributed by atoms with Crippen LogP contribution in [0.25, 0.3) is 11.5 Å². The third-order valence-corrected chi connectivity index (χ3v) is 9.38. The van der Waals surface area contributed by atoms with Gasteiger partial charge in [0, 0.05) is 35.7 Å². The highest BCUT2D eigenvalue weighted by atomic mass is 19.3. The predicted molar refractivity (Wildman–Crippen MR) is 154 cm³/mol. The van der Waals surface area contributed by atoms with E-state index in [4.69, 9.17) is 9.15 Å². The SMILES string of the molecule is CN(Cc1ccc(-c2nnc(C(F)F)o2)cn1)C(=O)c1ccc(C2CCN(C3CC4(COC4)C3)CC2)cc1C(C)(C)C=O. The van der Waals surface area contributed by atoms with Crippen LogP contribution in [-0.2, 0) is 21.5 Å². The first kappa shape index (κ1) is 29.5. The maximum absolute atomic E-state index is 13.7. The van der Waals surface area contributed by atoms with Crippen molar-refractivity contribution in [1.29, 1.82) is 0 Å². The molecule has 3 aliphatic rings. The minimum atomic E-state index is -2.85. The van der Waals surface area contributed by atoms with Crippen molar-refractivity contribution >= 4 is 12.2 Å². The number of carbonyl (C=O) groups is 2. The fraction of sp³-hybridized carbons (Fsp3) is 0.531. The lowest BCUT2D eigenvalue weighted by Crippen LogP contribution is -2.60. The van der Waals surface area contributed by atoms with Crippen molar-refractivity contribution in [3.63, 3.8) is 0 Å². The summed E-state index contributed by atoms with van der Waals surface area (Å²) in [6, 6.07) is 9.95. The van der Waals surface area contributed by atoms with Crippen LogP contribution < -0.4 is 0 Å². The third kappa shape index (κ3) is 5.84. The Hall–Kier alpha value is -3.57. The minimum Gasteiger partial charge on any atom is -0.415 e. The summed E-state index contributed by atoms with van der Waals surface area (Å²) in [6.45, 7) is 7.86. The molecule has 1 saturated carbocycles. The number of rotatable bonds is 9. The van der Waals surface area contributed by atoms with Gasteiger partial charge in [0.25, 0.3) is 11.8 Å². The molecule has 0 radical (unpaired) electrons. The molecule has 2 aromatic heterocycles. The summed E-state index contributed by atoms with van der Waals surface area (Å²) in [5.74, 6) is -0.625. The molecule has 2 aliphatic heterocycles. The average molecular weight is 594 g/mol. The minimum absolute atomic E-state index is 0.0505. The number of alkyl halides is 2. The Morgan fingerprint density at radius 1 is 1.16 bits per heavy atom. The van der Waals surface area contributed by atoms with Crippen molar-refractivity contribution < 1.29 is 27.5 Å². The van der Waals surface area contributed by atoms with Crippen LogP contribution in [0.5, 0.6) is 0 Å². The van der Waals surface area contributed by atoms with Crippen molar-refractivity contribution in [2.24, 2.45) is 5.41 Å². The molecule has 3 aromatic rings. The average Bonchev–Trinajstić information content (AvgIpc) is 3.47. The first-order valence-electron chi connectivity index (χ1n) is 14.8. The molecule has 6 rings (SSSR count). The fourth-order valence-corrected chi connectivity index (χ4v) is 6.63. The summed E-state index contributed by atoms with van der Waals surface area (Å²) in [7, 11) is 1.69. The molecule has 4 heterocycles. The molecule has 0 N–H and O–H groups in total. The summed E-state index contributed by atoms with van der Waals surface area (Å²) in [4.78, 5) is 34.4. The molecule has 1 aromatic carbocycles. The zero-order valence-electron chi connectivity index (χ0n) is 24.8. The molecular formula is C32H37F2N5O4. The highest BCUT2D eigenvalue weighted by molar-refractivity contribution is 5.97. The Kier molecular flexibility index (Phi) is 7.89. The van der Waals surface area contributed by atoms with E-state index in [0.717, 1.165) is 51.0 Å². The van der Waals surface area contributed by atoms with E-state index in [0.29, 0.717) is 34.2 Å². The highest BCUT2D eigenvalue weighted by Gasteiger charge is 2.51. The van der Waals surface area contributed by atoms with Gasteiger partial charge in [-0.15, -0.1) is 10.2 Å². The zero-order valence-corrected chi connectivity index (χ0v) is 24.8. The quantitative estimate of drug-likeness (QED) is 0.313. The predicted octanol–water partition coefficient (Wildman–Crippen LogP) is 5.18. The molecular weight excluding hydrogens is 556 g/mol. The molecule has 3 fully saturated rings. The van der Waals surface area contributed by atoms with Crippen LogP contribution in [0.15, 0.2) is 40.9 Å². The van der Waals surface area contributed by atoms with E-state index < -0.39 is 17.7 Å². The zero-order chi connectivity index (χ0) is 30.4. The largest absolute Gasteiger partial charge is 0.415 e. The van der Waals surface area contributed by atoms with E-state index in [1.165, 1.54) is 24.6 Å². The molecule has 1 aliphatic carbocycles. The van der Waals surface area contributed by atoms with Gasteiger partial charge in [-0.25, -0.2) is 0 Å². The Bertz CT molecular complexity index is 1470. The summed E-state index contributed by atoms with van der Waals surface area (Å²) in [6.07, 6.45) is 4.12. The van der Waals surface area contributed by atoms with Crippen LogP contribution in [0, 0.1) is 5.41 Å².